The summed E-state index contributed by atoms with van der Waals surface area (Å²) in [5.74, 6) is 6.47. The standard InChI is InChI=1S/C37H45N3O/c1-13-14-21(2)15-16-27-17-29(39(10)11)28-18-35(8)19-37-20-40(12)34(37)23(4)30(26(7)38)24(5)36(37,9)25(6)32(35)22(3)31(28)33(27)41/h13-14,17,34,41H,2-3,5,7,18-20,38H2,1,4,6,8-12H3/b14-13-/t34-,35+,36+,37-/m1/s1. The predicted molar refractivity (Wildman–Crippen MR) is 174 cm³/mol. The van der Waals surface area contributed by atoms with E-state index in [0.29, 0.717) is 16.8 Å². The monoisotopic (exact) mass is 547 g/mol. The average Bonchev–Trinajstić information content (AvgIpc) is 2.85. The minimum Gasteiger partial charge on any atom is -0.506 e. The molecule has 4 nitrogen and oxygen atoms in total. The highest BCUT2D eigenvalue weighted by atomic mass is 16.3. The van der Waals surface area contributed by atoms with Crippen molar-refractivity contribution in [1.29, 1.82) is 0 Å². The quantitative estimate of drug-likeness (QED) is 0.319. The smallest absolute Gasteiger partial charge is 0.139 e. The summed E-state index contributed by atoms with van der Waals surface area (Å²) < 4.78 is 0. The van der Waals surface area contributed by atoms with E-state index in [1.165, 1.54) is 16.7 Å². The van der Waals surface area contributed by atoms with E-state index in [1.54, 1.807) is 0 Å². The molecule has 1 fully saturated rings. The molecular formula is C37H45N3O. The number of allylic oxidation sites excluding steroid dienone is 7. The number of likely N-dealkylation sites (tertiary alicyclic amines) is 1. The number of fused-ring (bicyclic) bond motifs is 2. The molecule has 1 spiro atoms. The van der Waals surface area contributed by atoms with Crippen molar-refractivity contribution in [2.75, 3.05) is 32.6 Å². The first-order valence-electron chi connectivity index (χ1n) is 14.4. The van der Waals surface area contributed by atoms with Crippen LogP contribution in [0.25, 0.3) is 5.57 Å². The fraction of sp³-hybridized carbons (Fsp3) is 0.405. The van der Waals surface area contributed by atoms with Gasteiger partial charge in [-0.25, -0.2) is 0 Å². The highest BCUT2D eigenvalue weighted by Crippen LogP contribution is 2.74. The largest absolute Gasteiger partial charge is 0.506 e. The van der Waals surface area contributed by atoms with Gasteiger partial charge < -0.3 is 15.7 Å². The minimum absolute atomic E-state index is 0.0130. The molecule has 1 heterocycles. The van der Waals surface area contributed by atoms with Crippen LogP contribution < -0.4 is 10.6 Å². The van der Waals surface area contributed by atoms with Crippen LogP contribution in [0.2, 0.25) is 0 Å². The summed E-state index contributed by atoms with van der Waals surface area (Å²) in [5, 5.41) is 11.7. The van der Waals surface area contributed by atoms with Crippen molar-refractivity contribution < 1.29 is 5.11 Å². The Kier molecular flexibility index (Phi) is 6.44. The third-order valence-electron chi connectivity index (χ3n) is 10.7. The molecule has 41 heavy (non-hydrogen) atoms. The predicted octanol–water partition coefficient (Wildman–Crippen LogP) is 6.90. The Balaban J connectivity index is 1.78. The maximum atomic E-state index is 11.7. The summed E-state index contributed by atoms with van der Waals surface area (Å²) in [6, 6.07) is 2.28. The maximum Gasteiger partial charge on any atom is 0.139 e. The second-order valence-electron chi connectivity index (χ2n) is 13.4. The first-order chi connectivity index (χ1) is 19.1. The Morgan fingerprint density at radius 2 is 1.88 bits per heavy atom. The lowest BCUT2D eigenvalue weighted by atomic mass is 9.37. The molecule has 5 rings (SSSR count). The third kappa shape index (κ3) is 3.58. The van der Waals surface area contributed by atoms with Gasteiger partial charge in [0.1, 0.15) is 5.75 Å². The zero-order valence-corrected chi connectivity index (χ0v) is 26.2. The molecule has 1 aliphatic heterocycles. The van der Waals surface area contributed by atoms with E-state index in [9.17, 15) is 5.11 Å². The highest BCUT2D eigenvalue weighted by Gasteiger charge is 2.70. The zero-order valence-electron chi connectivity index (χ0n) is 26.2. The van der Waals surface area contributed by atoms with E-state index < -0.39 is 0 Å². The third-order valence-corrected chi connectivity index (χ3v) is 10.7. The lowest BCUT2D eigenvalue weighted by molar-refractivity contribution is -0.133. The van der Waals surface area contributed by atoms with E-state index in [0.717, 1.165) is 52.9 Å². The van der Waals surface area contributed by atoms with Crippen LogP contribution in [0.4, 0.5) is 5.69 Å². The summed E-state index contributed by atoms with van der Waals surface area (Å²) in [6.45, 7) is 29.7. The molecule has 0 saturated carbocycles. The van der Waals surface area contributed by atoms with Crippen molar-refractivity contribution in [3.05, 3.63) is 100 Å². The van der Waals surface area contributed by atoms with Gasteiger partial charge in [-0.05, 0) is 80.0 Å². The normalized spacial score (nSPS) is 30.6. The Bertz CT molecular complexity index is 1620. The zero-order chi connectivity index (χ0) is 30.4. The molecule has 1 aromatic carbocycles. The lowest BCUT2D eigenvalue weighted by Gasteiger charge is -2.72. The van der Waals surface area contributed by atoms with Crippen LogP contribution in [0.5, 0.6) is 5.75 Å². The summed E-state index contributed by atoms with van der Waals surface area (Å²) in [6.07, 6.45) is 5.59. The molecule has 4 heteroatoms. The number of benzene rings is 1. The van der Waals surface area contributed by atoms with Gasteiger partial charge in [0.05, 0.1) is 5.56 Å². The number of hydrogen-bond donors (Lipinski definition) is 2. The van der Waals surface area contributed by atoms with Crippen LogP contribution >= 0.6 is 0 Å². The molecule has 0 bridgehead atoms. The van der Waals surface area contributed by atoms with Gasteiger partial charge in [-0.15, -0.1) is 0 Å². The molecule has 3 N–H and O–H groups in total. The molecule has 1 aromatic rings. The van der Waals surface area contributed by atoms with Gasteiger partial charge in [0.15, 0.2) is 0 Å². The van der Waals surface area contributed by atoms with Crippen molar-refractivity contribution in [3.8, 4) is 17.6 Å². The molecule has 4 aliphatic rings. The number of likely N-dealkylation sites (N-methyl/N-ethyl adjacent to an activating group) is 1. The molecule has 0 aromatic heterocycles. The van der Waals surface area contributed by atoms with Gasteiger partial charge in [0.2, 0.25) is 0 Å². The van der Waals surface area contributed by atoms with E-state index >= 15 is 0 Å². The van der Waals surface area contributed by atoms with Crippen LogP contribution in [-0.2, 0) is 6.42 Å². The van der Waals surface area contributed by atoms with Crippen molar-refractivity contribution in [2.24, 2.45) is 22.0 Å². The van der Waals surface area contributed by atoms with E-state index in [-0.39, 0.29) is 28.0 Å². The number of rotatable bonds is 3. The second kappa shape index (κ2) is 9.16. The first-order valence-corrected chi connectivity index (χ1v) is 14.4. The number of anilines is 1. The van der Waals surface area contributed by atoms with Crippen molar-refractivity contribution in [1.82, 2.24) is 4.90 Å². The Morgan fingerprint density at radius 1 is 1.22 bits per heavy atom. The number of phenolic OH excluding ortho intramolecular Hbond substituents is 1. The van der Waals surface area contributed by atoms with Crippen LogP contribution in [0.15, 0.2) is 83.7 Å². The topological polar surface area (TPSA) is 52.7 Å². The summed E-state index contributed by atoms with van der Waals surface area (Å²) in [7, 11) is 6.32. The number of phenols is 1. The van der Waals surface area contributed by atoms with Gasteiger partial charge >= 0.3 is 0 Å². The molecule has 214 valence electrons. The lowest BCUT2D eigenvalue weighted by Crippen LogP contribution is -2.74. The molecule has 1 saturated heterocycles. The first kappa shape index (κ1) is 28.8. The van der Waals surface area contributed by atoms with Crippen LogP contribution in [0.3, 0.4) is 0 Å². The van der Waals surface area contributed by atoms with Gasteiger partial charge in [0, 0.05) is 65.6 Å². The fourth-order valence-electron chi connectivity index (χ4n) is 9.24. The van der Waals surface area contributed by atoms with E-state index in [4.69, 9.17) is 18.9 Å². The molecule has 0 unspecified atom stereocenters. The molecule has 3 aliphatic carbocycles. The van der Waals surface area contributed by atoms with Crippen molar-refractivity contribution >= 4 is 11.3 Å². The Hall–Kier alpha value is -3.68. The Labute approximate surface area is 247 Å². The highest BCUT2D eigenvalue weighted by molar-refractivity contribution is 5.91. The SMILES string of the molecule is C=C(C#Cc1cc(N(C)C)c2c(c1O)C(=C)C1=C(C)[C@]3(C)C(=C)C(C(=C)N)=C(C)[C@H]4N(C)C[C@]43C[C@]1(C)C2)/C=C\C. The van der Waals surface area contributed by atoms with E-state index in [2.05, 4.69) is 83.6 Å². The summed E-state index contributed by atoms with van der Waals surface area (Å²) >= 11 is 0. The maximum absolute atomic E-state index is 11.7. The van der Waals surface area contributed by atoms with E-state index in [1.807, 2.05) is 25.1 Å². The number of nitrogens with zero attached hydrogens (tertiary/aromatic N) is 2. The number of hydrogen-bond acceptors (Lipinski definition) is 4. The average molecular weight is 548 g/mol. The van der Waals surface area contributed by atoms with Crippen LogP contribution in [0.1, 0.15) is 57.7 Å². The number of aromatic hydroxyl groups is 1. The summed E-state index contributed by atoms with van der Waals surface area (Å²) in [4.78, 5) is 4.59. The molecule has 0 amide bonds. The Morgan fingerprint density at radius 3 is 2.44 bits per heavy atom. The fourth-order valence-corrected chi connectivity index (χ4v) is 9.24. The van der Waals surface area contributed by atoms with Gasteiger partial charge in [0.25, 0.3) is 0 Å². The second-order valence-corrected chi connectivity index (χ2v) is 13.4. The number of nitrogens with two attached hydrogens (primary N) is 1. The van der Waals surface area contributed by atoms with Crippen LogP contribution in [0, 0.1) is 28.1 Å². The van der Waals surface area contributed by atoms with Gasteiger partial charge in [-0.1, -0.05) is 69.7 Å². The van der Waals surface area contributed by atoms with Gasteiger partial charge in [-0.2, -0.15) is 0 Å². The van der Waals surface area contributed by atoms with Crippen molar-refractivity contribution in [2.45, 2.75) is 53.5 Å². The molecule has 0 radical (unpaired) electrons. The summed E-state index contributed by atoms with van der Waals surface area (Å²) in [5.41, 5.74) is 17.5. The van der Waals surface area contributed by atoms with Crippen LogP contribution in [-0.4, -0.2) is 43.7 Å². The van der Waals surface area contributed by atoms with Gasteiger partial charge in [-0.3, -0.25) is 4.90 Å². The van der Waals surface area contributed by atoms with Crippen molar-refractivity contribution in [3.63, 3.8) is 0 Å². The molecule has 4 atom stereocenters. The minimum atomic E-state index is -0.321. The molecular weight excluding hydrogens is 502 g/mol.